The van der Waals surface area contributed by atoms with Crippen molar-refractivity contribution in [1.29, 1.82) is 0 Å². The van der Waals surface area contributed by atoms with Crippen LogP contribution in [0.25, 0.3) is 11.1 Å². The number of anilines is 1. The topological polar surface area (TPSA) is 35.2 Å². The van der Waals surface area contributed by atoms with Crippen LogP contribution in [0.4, 0.5) is 10.1 Å². The first-order valence-corrected chi connectivity index (χ1v) is 4.61. The molecule has 0 bridgehead atoms. The Morgan fingerprint density at radius 3 is 2.88 bits per heavy atom. The van der Waals surface area contributed by atoms with Crippen LogP contribution in [0.3, 0.4) is 0 Å². The molecule has 0 atom stereocenters. The third-order valence-corrected chi connectivity index (χ3v) is 2.21. The summed E-state index contributed by atoms with van der Waals surface area (Å²) in [4.78, 5) is 0. The van der Waals surface area contributed by atoms with E-state index in [1.54, 1.807) is 12.1 Å². The van der Waals surface area contributed by atoms with E-state index in [0.717, 1.165) is 0 Å². The van der Waals surface area contributed by atoms with Crippen LogP contribution in [0.5, 0.6) is 5.75 Å². The molecule has 0 fully saturated rings. The van der Waals surface area contributed by atoms with E-state index in [1.807, 2.05) is 0 Å². The highest BCUT2D eigenvalue weighted by molar-refractivity contribution is 5.67. The Bertz CT molecular complexity index is 620. The van der Waals surface area contributed by atoms with Gasteiger partial charge in [0, 0.05) is 0 Å². The van der Waals surface area contributed by atoms with Gasteiger partial charge in [0.2, 0.25) is 0 Å². The fraction of sp³-hybridized carbons (Fsp3) is 0.0769. The molecule has 0 aromatic heterocycles. The lowest BCUT2D eigenvalue weighted by Gasteiger charge is -2.05. The third-order valence-electron chi connectivity index (χ3n) is 2.21. The number of methoxy groups -OCH3 is 1. The maximum absolute atomic E-state index is 13.5. The summed E-state index contributed by atoms with van der Waals surface area (Å²) in [7, 11) is -2.55. The molecule has 0 heterocycles. The average Bonchev–Trinajstić information content (AvgIpc) is 2.33. The van der Waals surface area contributed by atoms with Crippen molar-refractivity contribution in [2.45, 2.75) is 0 Å². The van der Waals surface area contributed by atoms with Crippen LogP contribution < -0.4 is 10.5 Å². The molecule has 2 aromatic rings. The molecule has 0 saturated carbocycles. The summed E-state index contributed by atoms with van der Waals surface area (Å²) in [5.74, 6) is -0.541. The van der Waals surface area contributed by atoms with Crippen molar-refractivity contribution >= 4 is 5.69 Å². The van der Waals surface area contributed by atoms with E-state index in [4.69, 9.17) is 16.0 Å². The Balaban J connectivity index is 2.41. The summed E-state index contributed by atoms with van der Waals surface area (Å²) in [6.07, 6.45) is 0. The van der Waals surface area contributed by atoms with Crippen LogP contribution in [-0.4, -0.2) is 7.04 Å². The van der Waals surface area contributed by atoms with E-state index in [0.29, 0.717) is 11.1 Å². The highest BCUT2D eigenvalue weighted by Crippen LogP contribution is 2.25. The molecule has 0 spiro atoms. The van der Waals surface area contributed by atoms with Crippen LogP contribution in [0, 0.1) is 5.82 Å². The van der Waals surface area contributed by atoms with Crippen LogP contribution >= 0.6 is 0 Å². The normalized spacial score (nSPS) is 14.6. The maximum atomic E-state index is 13.5. The van der Waals surface area contributed by atoms with Gasteiger partial charge in [-0.05, 0) is 35.4 Å². The van der Waals surface area contributed by atoms with E-state index < -0.39 is 12.9 Å². The Labute approximate surface area is 99.1 Å². The van der Waals surface area contributed by atoms with Gasteiger partial charge in [0.05, 0.1) is 18.2 Å². The Kier molecular flexibility index (Phi) is 1.72. The van der Waals surface area contributed by atoms with Crippen molar-refractivity contribution in [3.63, 3.8) is 0 Å². The number of nitrogens with two attached hydrogens (primary N) is 1. The Hall–Kier alpha value is -2.03. The second-order valence-corrected chi connectivity index (χ2v) is 3.28. The van der Waals surface area contributed by atoms with Gasteiger partial charge in [-0.3, -0.25) is 0 Å². The zero-order valence-corrected chi connectivity index (χ0v) is 8.33. The molecule has 2 aromatic carbocycles. The molecule has 2 N–H and O–H groups in total. The lowest BCUT2D eigenvalue weighted by molar-refractivity contribution is 0.415. The van der Waals surface area contributed by atoms with Gasteiger partial charge in [0.25, 0.3) is 0 Å². The molecule has 2 rings (SSSR count). The van der Waals surface area contributed by atoms with Crippen molar-refractivity contribution in [2.75, 3.05) is 12.8 Å². The second-order valence-electron chi connectivity index (χ2n) is 3.28. The van der Waals surface area contributed by atoms with Gasteiger partial charge < -0.3 is 10.5 Å². The van der Waals surface area contributed by atoms with Gasteiger partial charge in [0.1, 0.15) is 11.6 Å². The van der Waals surface area contributed by atoms with Gasteiger partial charge in [-0.2, -0.15) is 0 Å². The molecular weight excluding hydrogens is 205 g/mol. The molecule has 0 amide bonds. The molecule has 2 nitrogen and oxygen atoms in total. The van der Waals surface area contributed by atoms with E-state index >= 15 is 0 Å². The Morgan fingerprint density at radius 2 is 2.12 bits per heavy atom. The first-order valence-electron chi connectivity index (χ1n) is 6.61. The summed E-state index contributed by atoms with van der Waals surface area (Å²) in [5.41, 5.74) is 6.13. The fourth-order valence-corrected chi connectivity index (χ4v) is 1.39. The van der Waals surface area contributed by atoms with Crippen LogP contribution in [-0.2, 0) is 0 Å². The lowest BCUT2D eigenvalue weighted by atomic mass is 10.0. The van der Waals surface area contributed by atoms with Crippen molar-refractivity contribution < 1.29 is 14.6 Å². The predicted molar refractivity (Wildman–Crippen MR) is 62.8 cm³/mol. The summed E-state index contributed by atoms with van der Waals surface area (Å²) >= 11 is 0. The minimum absolute atomic E-state index is 0.123. The fourth-order valence-electron chi connectivity index (χ4n) is 1.39. The number of halogens is 1. The monoisotopic (exact) mass is 221 g/mol. The molecule has 0 unspecified atom stereocenters. The van der Waals surface area contributed by atoms with Gasteiger partial charge in [0.15, 0.2) is 0 Å². The molecule has 0 aliphatic carbocycles. The van der Waals surface area contributed by atoms with Gasteiger partial charge >= 0.3 is 0 Å². The lowest BCUT2D eigenvalue weighted by Crippen LogP contribution is -1.90. The minimum atomic E-state index is -2.55. The number of ether oxygens (including phenoxy) is 1. The Morgan fingerprint density at radius 1 is 1.31 bits per heavy atom. The second kappa shape index (κ2) is 4.23. The molecule has 3 heteroatoms. The van der Waals surface area contributed by atoms with Gasteiger partial charge in [-0.15, -0.1) is 0 Å². The number of hydrogen-bond donors (Lipinski definition) is 1. The molecule has 16 heavy (non-hydrogen) atoms. The molecule has 82 valence electrons. The zero-order valence-electron chi connectivity index (χ0n) is 12.3. The van der Waals surface area contributed by atoms with Gasteiger partial charge in [-0.25, -0.2) is 4.39 Å². The van der Waals surface area contributed by atoms with Crippen molar-refractivity contribution in [3.05, 3.63) is 48.3 Å². The molecule has 0 saturated heterocycles. The molecule has 0 aliphatic rings. The minimum Gasteiger partial charge on any atom is -0.497 e. The molecule has 0 radical (unpaired) electrons. The SMILES string of the molecule is [2H]c1cc(-c2cccc(OC([2H])([2H])[2H])c2)cc(F)c1N. The third kappa shape index (κ3) is 1.98. The number of benzene rings is 2. The van der Waals surface area contributed by atoms with Crippen LogP contribution in [0.2, 0.25) is 0 Å². The van der Waals surface area contributed by atoms with E-state index in [9.17, 15) is 4.39 Å². The van der Waals surface area contributed by atoms with Crippen molar-refractivity contribution in [3.8, 4) is 16.9 Å². The van der Waals surface area contributed by atoms with Crippen molar-refractivity contribution in [2.24, 2.45) is 0 Å². The quantitative estimate of drug-likeness (QED) is 0.791. The highest BCUT2D eigenvalue weighted by Gasteiger charge is 2.03. The van der Waals surface area contributed by atoms with E-state index in [1.165, 1.54) is 24.3 Å². The highest BCUT2D eigenvalue weighted by atomic mass is 19.1. The maximum Gasteiger partial charge on any atom is 0.146 e. The molecular formula is C13H12FNO. The summed E-state index contributed by atoms with van der Waals surface area (Å²) < 4.78 is 47.0. The molecule has 0 aliphatic heterocycles. The summed E-state index contributed by atoms with van der Waals surface area (Å²) in [6, 6.07) is 8.70. The average molecular weight is 221 g/mol. The number of nitrogen functional groups attached to an aromatic ring is 1. The van der Waals surface area contributed by atoms with Crippen LogP contribution in [0.1, 0.15) is 5.48 Å². The smallest absolute Gasteiger partial charge is 0.146 e. The standard InChI is InChI=1S/C13H12FNO/c1-16-11-4-2-3-9(7-11)10-5-6-13(15)12(14)8-10/h2-8H,15H2,1H3/i1D3,6D. The zero-order chi connectivity index (χ0) is 14.9. The largest absolute Gasteiger partial charge is 0.497 e. The van der Waals surface area contributed by atoms with E-state index in [-0.39, 0.29) is 17.5 Å². The van der Waals surface area contributed by atoms with Crippen molar-refractivity contribution in [1.82, 2.24) is 0 Å². The summed E-state index contributed by atoms with van der Waals surface area (Å²) in [5, 5.41) is 0. The van der Waals surface area contributed by atoms with Gasteiger partial charge in [-0.1, -0.05) is 18.2 Å². The van der Waals surface area contributed by atoms with Crippen LogP contribution in [0.15, 0.2) is 42.4 Å². The van der Waals surface area contributed by atoms with E-state index in [2.05, 4.69) is 0 Å². The first-order chi connectivity index (χ1) is 9.26. The first kappa shape index (κ1) is 6.53. The summed E-state index contributed by atoms with van der Waals surface area (Å²) in [6.45, 7) is 0. The predicted octanol–water partition coefficient (Wildman–Crippen LogP) is 3.08. The number of rotatable bonds is 2. The number of hydrogen-bond acceptors (Lipinski definition) is 2.